The van der Waals surface area contributed by atoms with Crippen molar-refractivity contribution in [2.75, 3.05) is 11.1 Å². The molecule has 1 aromatic heterocycles. The second-order valence-corrected chi connectivity index (χ2v) is 11.2. The molecule has 0 saturated heterocycles. The lowest BCUT2D eigenvalue weighted by Gasteiger charge is -2.17. The van der Waals surface area contributed by atoms with Gasteiger partial charge in [-0.1, -0.05) is 30.3 Å². The Labute approximate surface area is 287 Å². The molecule has 0 saturated carbocycles. The molecular formula is C33H34F4N8O6. The Morgan fingerprint density at radius 2 is 1.57 bits per heavy atom. The van der Waals surface area contributed by atoms with E-state index in [1.807, 2.05) is 13.8 Å². The number of benzene rings is 3. The summed E-state index contributed by atoms with van der Waals surface area (Å²) in [6, 6.07) is 15.0. The number of rotatable bonds is 11. The van der Waals surface area contributed by atoms with Crippen LogP contribution in [0, 0.1) is 11.2 Å². The lowest BCUT2D eigenvalue weighted by molar-refractivity contribution is -0.192. The van der Waals surface area contributed by atoms with Gasteiger partial charge < -0.3 is 37.6 Å². The van der Waals surface area contributed by atoms with Crippen LogP contribution >= 0.6 is 0 Å². The monoisotopic (exact) mass is 714 g/mol. The summed E-state index contributed by atoms with van der Waals surface area (Å²) in [5, 5.41) is 32.7. The molecule has 10 N–H and O–H groups in total. The van der Waals surface area contributed by atoms with Crippen molar-refractivity contribution < 1.29 is 42.2 Å². The Balaban J connectivity index is 0.000000908. The Hall–Kier alpha value is -6.46. The highest BCUT2D eigenvalue weighted by Crippen LogP contribution is 2.24. The number of carboxylic acids is 1. The van der Waals surface area contributed by atoms with Gasteiger partial charge in [0.15, 0.2) is 17.4 Å². The predicted molar refractivity (Wildman–Crippen MR) is 179 cm³/mol. The minimum absolute atomic E-state index is 0.0102. The highest BCUT2D eigenvalue weighted by Gasteiger charge is 2.38. The molecule has 3 aromatic carbocycles. The third-order valence-corrected chi connectivity index (χ3v) is 6.76. The number of carboxylic acid groups (broad SMARTS) is 1. The van der Waals surface area contributed by atoms with Crippen molar-refractivity contribution in [2.45, 2.75) is 45.7 Å². The maximum Gasteiger partial charge on any atom is 0.490 e. The number of aromatic nitrogens is 2. The standard InChI is InChI=1S/C31H33FN8O4.C2HF3O2/c1-17(2)39-29-31(44)40(16-27(42)36-13-18-3-6-20(7-4-18)28(34)35)25(15-37-29)21-10-22(12-23(33)11-21)30(43)38-14-19-5-8-24(32)26(41)9-19;3-2(4,5)1(6)7/h3-12,15,17,41H,13-14,16,33H2,1-2H3,(H3,34,35)(H,36,42)(H,37,39)(H,38,43);(H,6,7). The molecule has 0 aliphatic rings. The highest BCUT2D eigenvalue weighted by atomic mass is 19.4. The molecule has 4 aromatic rings. The molecule has 0 unspecified atom stereocenters. The summed E-state index contributed by atoms with van der Waals surface area (Å²) >= 11 is 0. The smallest absolute Gasteiger partial charge is 0.490 e. The summed E-state index contributed by atoms with van der Waals surface area (Å²) in [6.07, 6.45) is -3.66. The van der Waals surface area contributed by atoms with E-state index in [1.54, 1.807) is 30.3 Å². The summed E-state index contributed by atoms with van der Waals surface area (Å²) < 4.78 is 46.4. The summed E-state index contributed by atoms with van der Waals surface area (Å²) in [4.78, 5) is 52.7. The van der Waals surface area contributed by atoms with E-state index in [9.17, 15) is 37.1 Å². The van der Waals surface area contributed by atoms with Crippen LogP contribution in [0.15, 0.2) is 71.7 Å². The van der Waals surface area contributed by atoms with Crippen LogP contribution in [0.4, 0.5) is 29.1 Å². The second kappa shape index (κ2) is 16.8. The molecule has 0 bridgehead atoms. The van der Waals surface area contributed by atoms with E-state index in [-0.39, 0.29) is 54.3 Å². The van der Waals surface area contributed by atoms with E-state index in [0.29, 0.717) is 16.7 Å². The topological polar surface area (TPSA) is 239 Å². The molecular weight excluding hydrogens is 680 g/mol. The van der Waals surface area contributed by atoms with Crippen LogP contribution < -0.4 is 33.0 Å². The number of nitrogens with one attached hydrogen (secondary N) is 4. The number of nitrogens with zero attached hydrogens (tertiary/aromatic N) is 2. The maximum absolute atomic E-state index is 13.5. The quantitative estimate of drug-likeness (QED) is 0.0488. The molecule has 2 amide bonds. The number of aliphatic carboxylic acids is 1. The van der Waals surface area contributed by atoms with Gasteiger partial charge in [-0.25, -0.2) is 14.2 Å². The third kappa shape index (κ3) is 11.3. The number of amidine groups is 1. The highest BCUT2D eigenvalue weighted by molar-refractivity contribution is 5.96. The van der Waals surface area contributed by atoms with Gasteiger partial charge in [0.25, 0.3) is 11.5 Å². The van der Waals surface area contributed by atoms with Crippen molar-refractivity contribution in [1.82, 2.24) is 20.2 Å². The number of aromatic hydroxyl groups is 1. The number of amides is 2. The molecule has 1 heterocycles. The van der Waals surface area contributed by atoms with Gasteiger partial charge in [-0.05, 0) is 55.3 Å². The van der Waals surface area contributed by atoms with E-state index in [0.717, 1.165) is 11.6 Å². The van der Waals surface area contributed by atoms with Crippen molar-refractivity contribution in [2.24, 2.45) is 5.73 Å². The Bertz CT molecular complexity index is 1980. The molecule has 0 fully saturated rings. The number of carbonyl (C=O) groups is 3. The predicted octanol–water partition coefficient (Wildman–Crippen LogP) is 3.32. The van der Waals surface area contributed by atoms with Gasteiger partial charge in [-0.2, -0.15) is 13.2 Å². The zero-order valence-corrected chi connectivity index (χ0v) is 27.1. The van der Waals surface area contributed by atoms with Gasteiger partial charge in [0, 0.05) is 41.5 Å². The molecule has 270 valence electrons. The van der Waals surface area contributed by atoms with Crippen LogP contribution in [0.25, 0.3) is 11.3 Å². The number of anilines is 2. The van der Waals surface area contributed by atoms with Crippen molar-refractivity contribution in [3.8, 4) is 17.0 Å². The lowest BCUT2D eigenvalue weighted by atomic mass is 10.1. The van der Waals surface area contributed by atoms with Gasteiger partial charge in [-0.3, -0.25) is 24.4 Å². The molecule has 0 radical (unpaired) electrons. The molecule has 0 spiro atoms. The van der Waals surface area contributed by atoms with Gasteiger partial charge in [-0.15, -0.1) is 0 Å². The first-order valence-electron chi connectivity index (χ1n) is 14.9. The summed E-state index contributed by atoms with van der Waals surface area (Å²) in [5.74, 6) is -5.02. The van der Waals surface area contributed by atoms with E-state index >= 15 is 0 Å². The van der Waals surface area contributed by atoms with Gasteiger partial charge in [0.2, 0.25) is 5.91 Å². The number of hydrogen-bond acceptors (Lipinski definition) is 9. The molecule has 0 atom stereocenters. The minimum Gasteiger partial charge on any atom is -0.505 e. The number of alkyl halides is 3. The van der Waals surface area contributed by atoms with Crippen LogP contribution in [-0.4, -0.2) is 55.6 Å². The maximum atomic E-state index is 13.5. The Morgan fingerprint density at radius 3 is 2.14 bits per heavy atom. The normalized spacial score (nSPS) is 10.9. The molecule has 4 rings (SSSR count). The van der Waals surface area contributed by atoms with Crippen LogP contribution in [0.2, 0.25) is 0 Å². The second-order valence-electron chi connectivity index (χ2n) is 11.2. The largest absolute Gasteiger partial charge is 0.505 e. The van der Waals surface area contributed by atoms with E-state index < -0.39 is 41.1 Å². The van der Waals surface area contributed by atoms with Crippen LogP contribution in [0.3, 0.4) is 0 Å². The fourth-order valence-electron chi connectivity index (χ4n) is 4.33. The Morgan fingerprint density at radius 1 is 0.961 bits per heavy atom. The lowest BCUT2D eigenvalue weighted by Crippen LogP contribution is -2.35. The number of nitrogens with two attached hydrogens (primary N) is 2. The fourth-order valence-corrected chi connectivity index (χ4v) is 4.33. The van der Waals surface area contributed by atoms with E-state index in [2.05, 4.69) is 20.9 Å². The third-order valence-electron chi connectivity index (χ3n) is 6.76. The van der Waals surface area contributed by atoms with Gasteiger partial charge in [0.1, 0.15) is 12.4 Å². The van der Waals surface area contributed by atoms with Crippen LogP contribution in [-0.2, 0) is 29.2 Å². The summed E-state index contributed by atoms with van der Waals surface area (Å²) in [7, 11) is 0. The first kappa shape index (κ1) is 39.0. The van der Waals surface area contributed by atoms with Gasteiger partial charge in [0.05, 0.1) is 11.9 Å². The van der Waals surface area contributed by atoms with E-state index in [1.165, 1.54) is 35.0 Å². The van der Waals surface area contributed by atoms with Crippen molar-refractivity contribution in [1.29, 1.82) is 5.41 Å². The first-order chi connectivity index (χ1) is 23.8. The number of carbonyl (C=O) groups excluding carboxylic acids is 2. The van der Waals surface area contributed by atoms with Crippen LogP contribution in [0.5, 0.6) is 5.75 Å². The average molecular weight is 715 g/mol. The molecule has 0 aliphatic heterocycles. The zero-order valence-electron chi connectivity index (χ0n) is 27.1. The molecule has 14 nitrogen and oxygen atoms in total. The molecule has 51 heavy (non-hydrogen) atoms. The Kier molecular flexibility index (Phi) is 12.8. The summed E-state index contributed by atoms with van der Waals surface area (Å²) in [5.41, 5.74) is 13.9. The minimum atomic E-state index is -5.08. The first-order valence-corrected chi connectivity index (χ1v) is 14.9. The number of phenols is 1. The molecule has 0 aliphatic carbocycles. The SMILES string of the molecule is CC(C)Nc1ncc(-c2cc(N)cc(C(=O)NCc3ccc(F)c(O)c3)c2)n(CC(=O)NCc2ccc(C(=N)N)cc2)c1=O.O=C(O)C(F)(F)F. The van der Waals surface area contributed by atoms with E-state index in [4.69, 9.17) is 26.8 Å². The van der Waals surface area contributed by atoms with Crippen molar-refractivity contribution >= 4 is 35.1 Å². The summed E-state index contributed by atoms with van der Waals surface area (Å²) in [6.45, 7) is 3.53. The number of nitrogen functional groups attached to an aromatic ring is 2. The number of phenolic OH excluding ortho intramolecular Hbond substituents is 1. The van der Waals surface area contributed by atoms with Crippen molar-refractivity contribution in [3.05, 3.63) is 105 Å². The average Bonchev–Trinajstić information content (AvgIpc) is 3.05. The zero-order chi connectivity index (χ0) is 38.0. The van der Waals surface area contributed by atoms with Crippen LogP contribution in [0.1, 0.15) is 40.9 Å². The number of halogens is 4. The molecule has 18 heteroatoms. The van der Waals surface area contributed by atoms with Gasteiger partial charge >= 0.3 is 12.1 Å². The number of hydrogen-bond donors (Lipinski definition) is 8. The van der Waals surface area contributed by atoms with Crippen molar-refractivity contribution in [3.63, 3.8) is 0 Å². The fraction of sp³-hybridized carbons (Fsp3) is 0.212.